The molecule has 0 fully saturated rings. The smallest absolute Gasteiger partial charge is 0.328 e. The highest BCUT2D eigenvalue weighted by molar-refractivity contribution is 9.11. The second-order valence-electron chi connectivity index (χ2n) is 3.73. The molecule has 0 aliphatic carbocycles. The highest BCUT2D eigenvalue weighted by Gasteiger charge is 2.20. The molecule has 4 nitrogen and oxygen atoms in total. The first-order chi connectivity index (χ1) is 8.97. The summed E-state index contributed by atoms with van der Waals surface area (Å²) >= 11 is 6.61. The van der Waals surface area contributed by atoms with E-state index in [1.165, 1.54) is 7.11 Å². The van der Waals surface area contributed by atoms with Crippen molar-refractivity contribution in [3.05, 3.63) is 45.4 Å². The average Bonchev–Trinajstić information content (AvgIpc) is 2.36. The lowest BCUT2D eigenvalue weighted by molar-refractivity contribution is -0.142. The van der Waals surface area contributed by atoms with Crippen molar-refractivity contribution in [3.8, 4) is 0 Å². The first-order valence-corrected chi connectivity index (χ1v) is 7.02. The second-order valence-corrected chi connectivity index (χ2v) is 5.56. The molecule has 1 aromatic carbocycles. The van der Waals surface area contributed by atoms with Gasteiger partial charge in [-0.2, -0.15) is 0 Å². The fourth-order valence-corrected chi connectivity index (χ4v) is 2.74. The molecule has 0 radical (unpaired) electrons. The number of carbonyl (C=O) groups excluding carboxylic acids is 2. The molecule has 1 amide bonds. The van der Waals surface area contributed by atoms with Crippen LogP contribution in [0, 0.1) is 0 Å². The summed E-state index contributed by atoms with van der Waals surface area (Å²) in [5, 5.41) is 2.61. The number of halogens is 2. The van der Waals surface area contributed by atoms with Gasteiger partial charge >= 0.3 is 5.97 Å². The van der Waals surface area contributed by atoms with E-state index in [2.05, 4.69) is 48.5 Å². The van der Waals surface area contributed by atoms with Crippen LogP contribution in [0.25, 0.3) is 0 Å². The molecule has 1 N–H and O–H groups in total. The minimum absolute atomic E-state index is 0.313. The normalized spacial score (nSPS) is 11.5. The summed E-state index contributed by atoms with van der Waals surface area (Å²) < 4.78 is 6.17. The summed E-state index contributed by atoms with van der Waals surface area (Å²) in [6.45, 7) is 3.55. The molecule has 0 aliphatic rings. The Morgan fingerprint density at radius 2 is 1.95 bits per heavy atom. The van der Waals surface area contributed by atoms with E-state index in [1.54, 1.807) is 18.2 Å². The fraction of sp³-hybridized carbons (Fsp3) is 0.231. The van der Waals surface area contributed by atoms with Crippen LogP contribution in [0.15, 0.2) is 39.8 Å². The van der Waals surface area contributed by atoms with Crippen LogP contribution in [0.1, 0.15) is 16.8 Å². The van der Waals surface area contributed by atoms with E-state index in [0.29, 0.717) is 12.0 Å². The zero-order valence-electron chi connectivity index (χ0n) is 10.3. The molecule has 19 heavy (non-hydrogen) atoms. The van der Waals surface area contributed by atoms with Gasteiger partial charge in [0.2, 0.25) is 0 Å². The van der Waals surface area contributed by atoms with Crippen molar-refractivity contribution >= 4 is 43.7 Å². The largest absolute Gasteiger partial charge is 0.467 e. The monoisotopic (exact) mass is 389 g/mol. The lowest BCUT2D eigenvalue weighted by atomic mass is 10.1. The van der Waals surface area contributed by atoms with E-state index in [-0.39, 0.29) is 5.91 Å². The first kappa shape index (κ1) is 15.9. The summed E-state index contributed by atoms with van der Waals surface area (Å²) in [4.78, 5) is 23.6. The Morgan fingerprint density at radius 3 is 2.42 bits per heavy atom. The van der Waals surface area contributed by atoms with E-state index >= 15 is 0 Å². The van der Waals surface area contributed by atoms with E-state index in [1.807, 2.05) is 6.07 Å². The maximum absolute atomic E-state index is 12.1. The summed E-state index contributed by atoms with van der Waals surface area (Å²) in [7, 11) is 1.28. The molecule has 0 aliphatic heterocycles. The number of hydrogen-bond acceptors (Lipinski definition) is 3. The molecule has 102 valence electrons. The summed E-state index contributed by atoms with van der Waals surface area (Å²) in [6, 6.07) is 4.43. The van der Waals surface area contributed by atoms with E-state index in [4.69, 9.17) is 0 Å². The number of methoxy groups -OCH3 is 1. The Balaban J connectivity index is 2.87. The van der Waals surface area contributed by atoms with Crippen LogP contribution in [0.4, 0.5) is 0 Å². The first-order valence-electron chi connectivity index (χ1n) is 5.43. The van der Waals surface area contributed by atoms with Crippen molar-refractivity contribution in [2.24, 2.45) is 0 Å². The van der Waals surface area contributed by atoms with Gasteiger partial charge in [-0.05, 0) is 24.6 Å². The maximum Gasteiger partial charge on any atom is 0.328 e. The fourth-order valence-electron chi connectivity index (χ4n) is 1.45. The molecule has 0 aromatic heterocycles. The number of esters is 1. The van der Waals surface area contributed by atoms with E-state index in [9.17, 15) is 9.59 Å². The quantitative estimate of drug-likeness (QED) is 0.620. The molecular formula is C13H13Br2NO3. The minimum Gasteiger partial charge on any atom is -0.467 e. The molecule has 0 bridgehead atoms. The Hall–Kier alpha value is -1.14. The predicted octanol–water partition coefficient (Wildman–Crippen LogP) is 3.06. The molecular weight excluding hydrogens is 378 g/mol. The highest BCUT2D eigenvalue weighted by Crippen LogP contribution is 2.20. The topological polar surface area (TPSA) is 55.4 Å². The van der Waals surface area contributed by atoms with Crippen LogP contribution in [-0.2, 0) is 9.53 Å². The van der Waals surface area contributed by atoms with Gasteiger partial charge in [-0.1, -0.05) is 37.9 Å². The molecule has 6 heteroatoms. The Bertz CT molecular complexity index is 482. The minimum atomic E-state index is -0.729. The van der Waals surface area contributed by atoms with E-state index in [0.717, 1.165) is 8.95 Å². The van der Waals surface area contributed by atoms with Gasteiger partial charge in [0.25, 0.3) is 5.91 Å². The van der Waals surface area contributed by atoms with Crippen molar-refractivity contribution in [2.45, 2.75) is 12.5 Å². The van der Waals surface area contributed by atoms with Crippen LogP contribution in [0.5, 0.6) is 0 Å². The van der Waals surface area contributed by atoms with Crippen molar-refractivity contribution in [1.29, 1.82) is 0 Å². The van der Waals surface area contributed by atoms with Crippen molar-refractivity contribution in [3.63, 3.8) is 0 Å². The van der Waals surface area contributed by atoms with Gasteiger partial charge in [-0.3, -0.25) is 4.79 Å². The van der Waals surface area contributed by atoms with Crippen LogP contribution in [-0.4, -0.2) is 25.0 Å². The third kappa shape index (κ3) is 4.80. The molecule has 0 spiro atoms. The van der Waals surface area contributed by atoms with Gasteiger partial charge < -0.3 is 10.1 Å². The van der Waals surface area contributed by atoms with Gasteiger partial charge in [0, 0.05) is 14.5 Å². The molecule has 1 aromatic rings. The summed E-state index contributed by atoms with van der Waals surface area (Å²) in [5.74, 6) is -0.846. The van der Waals surface area contributed by atoms with E-state index < -0.39 is 12.0 Å². The molecule has 0 heterocycles. The van der Waals surface area contributed by atoms with Gasteiger partial charge in [0.15, 0.2) is 0 Å². The zero-order valence-corrected chi connectivity index (χ0v) is 13.5. The van der Waals surface area contributed by atoms with Crippen LogP contribution in [0.2, 0.25) is 0 Å². The Morgan fingerprint density at radius 1 is 1.37 bits per heavy atom. The molecule has 1 rings (SSSR count). The van der Waals surface area contributed by atoms with Gasteiger partial charge in [0.05, 0.1) is 7.11 Å². The lowest BCUT2D eigenvalue weighted by Crippen LogP contribution is -2.41. The Kier molecular flexibility index (Phi) is 6.24. The number of hydrogen-bond donors (Lipinski definition) is 1. The molecule has 0 unspecified atom stereocenters. The number of rotatable bonds is 5. The number of amides is 1. The number of nitrogens with one attached hydrogen (secondary N) is 1. The van der Waals surface area contributed by atoms with Gasteiger partial charge in [-0.25, -0.2) is 4.79 Å². The van der Waals surface area contributed by atoms with Crippen LogP contribution in [0.3, 0.4) is 0 Å². The van der Waals surface area contributed by atoms with Crippen LogP contribution >= 0.6 is 31.9 Å². The summed E-state index contributed by atoms with van der Waals surface area (Å²) in [6.07, 6.45) is 1.87. The number of carbonyl (C=O) groups is 2. The SMILES string of the molecule is C=CC[C@H](NC(=O)c1cc(Br)cc(Br)c1)C(=O)OC. The standard InChI is InChI=1S/C13H13Br2NO3/c1-3-4-11(13(18)19-2)16-12(17)8-5-9(14)7-10(15)6-8/h3,5-7,11H,1,4H2,2H3,(H,16,17)/t11-/m0/s1. The highest BCUT2D eigenvalue weighted by atomic mass is 79.9. The van der Waals surface area contributed by atoms with Crippen molar-refractivity contribution in [1.82, 2.24) is 5.32 Å². The number of benzene rings is 1. The average molecular weight is 391 g/mol. The summed E-state index contributed by atoms with van der Waals surface area (Å²) in [5.41, 5.74) is 0.444. The third-order valence-corrected chi connectivity index (χ3v) is 3.23. The molecule has 0 saturated carbocycles. The Labute approximate surface area is 128 Å². The van der Waals surface area contributed by atoms with Crippen molar-refractivity contribution in [2.75, 3.05) is 7.11 Å². The number of ether oxygens (including phenoxy) is 1. The molecule has 1 atom stereocenters. The predicted molar refractivity (Wildman–Crippen MR) is 79.9 cm³/mol. The maximum atomic E-state index is 12.1. The van der Waals surface area contributed by atoms with Gasteiger partial charge in [0.1, 0.15) is 6.04 Å². The zero-order chi connectivity index (χ0) is 14.4. The van der Waals surface area contributed by atoms with Crippen LogP contribution < -0.4 is 5.32 Å². The molecule has 0 saturated heterocycles. The van der Waals surface area contributed by atoms with Crippen molar-refractivity contribution < 1.29 is 14.3 Å². The van der Waals surface area contributed by atoms with Gasteiger partial charge in [-0.15, -0.1) is 6.58 Å². The lowest BCUT2D eigenvalue weighted by Gasteiger charge is -2.15. The third-order valence-electron chi connectivity index (χ3n) is 2.32. The second kappa shape index (κ2) is 7.45.